The van der Waals surface area contributed by atoms with Crippen LogP contribution in [-0.4, -0.2) is 24.0 Å². The van der Waals surface area contributed by atoms with Gasteiger partial charge in [-0.15, -0.1) is 0 Å². The number of halogens is 1. The number of nitrogens with zero attached hydrogens (tertiary/aromatic N) is 4. The summed E-state index contributed by atoms with van der Waals surface area (Å²) in [5.74, 6) is -0.290. The zero-order chi connectivity index (χ0) is 24.1. The quantitative estimate of drug-likeness (QED) is 0.606. The fourth-order valence-corrected chi connectivity index (χ4v) is 5.78. The molecule has 0 amide bonds. The Kier molecular flexibility index (Phi) is 5.38. The molecule has 0 saturated carbocycles. The Hall–Kier alpha value is -3.35. The van der Waals surface area contributed by atoms with Crippen LogP contribution in [0.4, 0.5) is 10.1 Å². The number of allylic oxidation sites excluding steroid dienone is 2. The standard InChI is InChI=1S/C27H30FN5O/c1-5-27(18-8-6-7-17(11-18)16-33(4)19-9-10-23(28)29-14-19)20-15-30-32-25(20)31-21-12-26(2,3)13-22(34)24(21)27/h6-11,14-15,25,31H,5,12-13,16H2,1-4H3/t25?,27-/m1/s1. The topological polar surface area (TPSA) is 70.0 Å². The number of benzene rings is 1. The van der Waals surface area contributed by atoms with Gasteiger partial charge in [-0.25, -0.2) is 4.98 Å². The number of azo groups is 1. The van der Waals surface area contributed by atoms with E-state index in [0.717, 1.165) is 46.5 Å². The van der Waals surface area contributed by atoms with Gasteiger partial charge in [0.25, 0.3) is 0 Å². The van der Waals surface area contributed by atoms with Gasteiger partial charge in [-0.3, -0.25) is 4.79 Å². The van der Waals surface area contributed by atoms with E-state index < -0.39 is 11.4 Å². The molecule has 0 fully saturated rings. The molecule has 2 aromatic rings. The lowest BCUT2D eigenvalue weighted by atomic mass is 9.59. The minimum Gasteiger partial charge on any atom is -0.369 e. The average molecular weight is 460 g/mol. The highest BCUT2D eigenvalue weighted by Gasteiger charge is 2.52. The fraction of sp³-hybridized carbons (Fsp3) is 0.407. The molecule has 1 aliphatic carbocycles. The van der Waals surface area contributed by atoms with Crippen molar-refractivity contribution in [2.24, 2.45) is 15.6 Å². The van der Waals surface area contributed by atoms with E-state index in [9.17, 15) is 9.18 Å². The molecule has 34 heavy (non-hydrogen) atoms. The van der Waals surface area contributed by atoms with E-state index in [0.29, 0.717) is 13.0 Å². The van der Waals surface area contributed by atoms with Crippen molar-refractivity contribution in [3.63, 3.8) is 0 Å². The molecule has 3 heterocycles. The number of hydrogen-bond acceptors (Lipinski definition) is 6. The van der Waals surface area contributed by atoms with Crippen molar-refractivity contribution in [1.82, 2.24) is 10.3 Å². The highest BCUT2D eigenvalue weighted by Crippen LogP contribution is 2.53. The summed E-state index contributed by atoms with van der Waals surface area (Å²) >= 11 is 0. The highest BCUT2D eigenvalue weighted by atomic mass is 19.1. The van der Waals surface area contributed by atoms with Gasteiger partial charge in [0.05, 0.1) is 23.5 Å². The van der Waals surface area contributed by atoms with Gasteiger partial charge < -0.3 is 10.2 Å². The first-order valence-electron chi connectivity index (χ1n) is 11.8. The van der Waals surface area contributed by atoms with Gasteiger partial charge in [-0.05, 0) is 41.5 Å². The molecule has 3 aliphatic rings. The third-order valence-electron chi connectivity index (χ3n) is 7.30. The lowest BCUT2D eigenvalue weighted by Gasteiger charge is -2.47. The Morgan fingerprint density at radius 1 is 1.21 bits per heavy atom. The molecule has 5 rings (SSSR count). The number of fused-ring (bicyclic) bond motifs is 1. The van der Waals surface area contributed by atoms with Crippen LogP contribution in [0.2, 0.25) is 0 Å². The van der Waals surface area contributed by atoms with E-state index in [-0.39, 0.29) is 17.4 Å². The van der Waals surface area contributed by atoms with Crippen LogP contribution >= 0.6 is 0 Å². The van der Waals surface area contributed by atoms with Crippen LogP contribution in [0, 0.1) is 11.4 Å². The van der Waals surface area contributed by atoms with Crippen molar-refractivity contribution >= 4 is 11.5 Å². The van der Waals surface area contributed by atoms with Crippen LogP contribution in [0.5, 0.6) is 0 Å². The van der Waals surface area contributed by atoms with E-state index in [4.69, 9.17) is 0 Å². The van der Waals surface area contributed by atoms with Crippen molar-refractivity contribution in [2.45, 2.75) is 58.2 Å². The van der Waals surface area contributed by atoms with Gasteiger partial charge in [-0.2, -0.15) is 14.6 Å². The Labute approximate surface area is 199 Å². The van der Waals surface area contributed by atoms with E-state index in [1.807, 2.05) is 18.1 Å². The van der Waals surface area contributed by atoms with Crippen molar-refractivity contribution in [3.8, 4) is 0 Å². The predicted molar refractivity (Wildman–Crippen MR) is 130 cm³/mol. The first-order valence-corrected chi connectivity index (χ1v) is 11.8. The molecule has 0 saturated heterocycles. The first kappa shape index (κ1) is 22.4. The molecule has 1 aromatic heterocycles. The summed E-state index contributed by atoms with van der Waals surface area (Å²) < 4.78 is 13.3. The number of anilines is 1. The monoisotopic (exact) mass is 459 g/mol. The van der Waals surface area contributed by atoms with Gasteiger partial charge in [-0.1, -0.05) is 45.0 Å². The van der Waals surface area contributed by atoms with Crippen LogP contribution in [0.15, 0.2) is 75.9 Å². The number of ketones is 1. The molecular formula is C27H30FN5O. The van der Waals surface area contributed by atoms with Crippen LogP contribution in [0.1, 0.15) is 51.2 Å². The maximum atomic E-state index is 13.6. The van der Waals surface area contributed by atoms with Crippen molar-refractivity contribution in [3.05, 3.63) is 82.7 Å². The number of aromatic nitrogens is 1. The van der Waals surface area contributed by atoms with Crippen molar-refractivity contribution < 1.29 is 9.18 Å². The highest BCUT2D eigenvalue weighted by molar-refractivity contribution is 6.01. The minimum atomic E-state index is -0.561. The summed E-state index contributed by atoms with van der Waals surface area (Å²) in [5, 5.41) is 12.2. The number of Topliss-reactive ketones (excluding diaryl/α,β-unsaturated/α-hetero) is 1. The minimum absolute atomic E-state index is 0.0902. The summed E-state index contributed by atoms with van der Waals surface area (Å²) in [4.78, 5) is 19.4. The summed E-state index contributed by atoms with van der Waals surface area (Å²) in [6, 6.07) is 11.5. The SMILES string of the molecule is CC[C@@]1(c2cccc(CN(C)c3ccc(F)nc3)c2)C2=CN=NC2NC2=C1C(=O)CC(C)(C)C2. The average Bonchev–Trinajstić information content (AvgIpc) is 3.26. The molecule has 2 aliphatic heterocycles. The van der Waals surface area contributed by atoms with Crippen LogP contribution < -0.4 is 10.2 Å². The molecule has 1 unspecified atom stereocenters. The van der Waals surface area contributed by atoms with Gasteiger partial charge in [0.2, 0.25) is 5.95 Å². The lowest BCUT2D eigenvalue weighted by Crippen LogP contribution is -2.51. The van der Waals surface area contributed by atoms with Crippen LogP contribution in [-0.2, 0) is 16.8 Å². The van der Waals surface area contributed by atoms with E-state index in [2.05, 4.69) is 65.6 Å². The zero-order valence-corrected chi connectivity index (χ0v) is 20.1. The number of carbonyl (C=O) groups is 1. The second-order valence-corrected chi connectivity index (χ2v) is 10.3. The Balaban J connectivity index is 1.58. The second-order valence-electron chi connectivity index (χ2n) is 10.3. The molecule has 7 heteroatoms. The summed E-state index contributed by atoms with van der Waals surface area (Å²) in [5.41, 5.74) is 5.29. The Morgan fingerprint density at radius 2 is 2.03 bits per heavy atom. The maximum absolute atomic E-state index is 13.6. The first-order chi connectivity index (χ1) is 16.2. The molecule has 0 radical (unpaired) electrons. The van der Waals surface area contributed by atoms with Gasteiger partial charge in [0, 0.05) is 36.9 Å². The summed E-state index contributed by atoms with van der Waals surface area (Å²) in [7, 11) is 1.96. The van der Waals surface area contributed by atoms with E-state index in [1.54, 1.807) is 6.07 Å². The zero-order valence-electron chi connectivity index (χ0n) is 20.1. The number of hydrogen-bond donors (Lipinski definition) is 1. The lowest BCUT2D eigenvalue weighted by molar-refractivity contribution is -0.119. The molecule has 0 bridgehead atoms. The molecular weight excluding hydrogens is 429 g/mol. The fourth-order valence-electron chi connectivity index (χ4n) is 5.78. The van der Waals surface area contributed by atoms with Crippen molar-refractivity contribution in [1.29, 1.82) is 0 Å². The smallest absolute Gasteiger partial charge is 0.212 e. The van der Waals surface area contributed by atoms with Gasteiger partial charge in [0.15, 0.2) is 11.9 Å². The molecule has 1 aromatic carbocycles. The number of pyridine rings is 1. The molecule has 2 atom stereocenters. The molecule has 0 spiro atoms. The molecule has 6 nitrogen and oxygen atoms in total. The molecule has 1 N–H and O–H groups in total. The predicted octanol–water partition coefficient (Wildman–Crippen LogP) is 5.43. The maximum Gasteiger partial charge on any atom is 0.212 e. The van der Waals surface area contributed by atoms with E-state index in [1.165, 1.54) is 12.3 Å². The summed E-state index contributed by atoms with van der Waals surface area (Å²) in [6.45, 7) is 7.06. The second kappa shape index (κ2) is 8.15. The van der Waals surface area contributed by atoms with Gasteiger partial charge in [0.1, 0.15) is 0 Å². The Bertz CT molecular complexity index is 1230. The largest absolute Gasteiger partial charge is 0.369 e. The third-order valence-corrected chi connectivity index (χ3v) is 7.30. The third kappa shape index (κ3) is 3.63. The number of rotatable bonds is 5. The molecule has 176 valence electrons. The number of carbonyl (C=O) groups excluding carboxylic acids is 1. The van der Waals surface area contributed by atoms with E-state index >= 15 is 0 Å². The number of nitrogens with one attached hydrogen (secondary N) is 1. The van der Waals surface area contributed by atoms with Crippen LogP contribution in [0.25, 0.3) is 0 Å². The van der Waals surface area contributed by atoms with Gasteiger partial charge >= 0.3 is 0 Å². The Morgan fingerprint density at radius 3 is 2.76 bits per heavy atom. The summed E-state index contributed by atoms with van der Waals surface area (Å²) in [6.07, 6.45) is 5.22. The normalized spacial score (nSPS) is 24.9. The van der Waals surface area contributed by atoms with Crippen molar-refractivity contribution in [2.75, 3.05) is 11.9 Å². The van der Waals surface area contributed by atoms with Crippen LogP contribution in [0.3, 0.4) is 0 Å².